The van der Waals surface area contributed by atoms with E-state index >= 15 is 0 Å². The smallest absolute Gasteiger partial charge is 0.367 e. The molecule has 0 amide bonds. The second-order valence-corrected chi connectivity index (χ2v) is 6.25. The van der Waals surface area contributed by atoms with Crippen LogP contribution in [0.15, 0.2) is 22.3 Å². The standard InChI is InChI=1S/C12H16F2O5S/c1-6-7(2)9(4)10(8(6)3)11(15)19-5-12(13,14)20(16,17)18/h10H,5H2,1-4H3,(H,16,17,18)/p-1. The summed E-state index contributed by atoms with van der Waals surface area (Å²) in [5, 5.41) is -4.62. The number of rotatable bonds is 4. The quantitative estimate of drug-likeness (QED) is 0.585. The van der Waals surface area contributed by atoms with Gasteiger partial charge >= 0.3 is 11.2 Å². The molecule has 0 fully saturated rings. The summed E-state index contributed by atoms with van der Waals surface area (Å²) in [6.07, 6.45) is 0. The topological polar surface area (TPSA) is 83.5 Å². The Morgan fingerprint density at radius 2 is 1.60 bits per heavy atom. The molecule has 8 heteroatoms. The number of esters is 1. The van der Waals surface area contributed by atoms with E-state index in [2.05, 4.69) is 4.74 Å². The molecule has 0 aromatic carbocycles. The SMILES string of the molecule is CC1=C(C)C(C(=O)OCC(F)(F)S(=O)(=O)[O-])C(C)=C1C. The third-order valence-corrected chi connectivity index (χ3v) is 4.44. The average molecular weight is 309 g/mol. The van der Waals surface area contributed by atoms with E-state index in [1.54, 1.807) is 27.7 Å². The van der Waals surface area contributed by atoms with Crippen LogP contribution in [0.4, 0.5) is 8.78 Å². The Labute approximate surface area is 116 Å². The molecule has 20 heavy (non-hydrogen) atoms. The maximum absolute atomic E-state index is 12.9. The van der Waals surface area contributed by atoms with Gasteiger partial charge in [-0.3, -0.25) is 4.79 Å². The zero-order valence-corrected chi connectivity index (χ0v) is 12.3. The van der Waals surface area contributed by atoms with Gasteiger partial charge in [-0.05, 0) is 38.8 Å². The van der Waals surface area contributed by atoms with E-state index < -0.39 is 33.9 Å². The Hall–Kier alpha value is -1.28. The Bertz CT molecular complexity index is 577. The number of hydrogen-bond donors (Lipinski definition) is 0. The molecule has 0 aromatic heterocycles. The van der Waals surface area contributed by atoms with E-state index in [9.17, 15) is 26.5 Å². The predicted octanol–water partition coefficient (Wildman–Crippen LogP) is 1.97. The lowest BCUT2D eigenvalue weighted by Crippen LogP contribution is -2.36. The number of carbonyl (C=O) groups is 1. The van der Waals surface area contributed by atoms with Crippen LogP contribution in [0.3, 0.4) is 0 Å². The molecule has 1 rings (SSSR count). The number of allylic oxidation sites excluding steroid dienone is 2. The summed E-state index contributed by atoms with van der Waals surface area (Å²) in [4.78, 5) is 11.8. The molecule has 0 aliphatic heterocycles. The zero-order valence-electron chi connectivity index (χ0n) is 11.5. The molecular weight excluding hydrogens is 294 g/mol. The van der Waals surface area contributed by atoms with Crippen molar-refractivity contribution in [2.24, 2.45) is 5.92 Å². The number of alkyl halides is 2. The largest absolute Gasteiger partial charge is 0.743 e. The van der Waals surface area contributed by atoms with Gasteiger partial charge in [-0.25, -0.2) is 8.42 Å². The van der Waals surface area contributed by atoms with Crippen molar-refractivity contribution < 1.29 is 31.3 Å². The van der Waals surface area contributed by atoms with Crippen LogP contribution in [0.2, 0.25) is 0 Å². The van der Waals surface area contributed by atoms with Crippen LogP contribution in [0.25, 0.3) is 0 Å². The first-order valence-electron chi connectivity index (χ1n) is 5.75. The summed E-state index contributed by atoms with van der Waals surface area (Å²) < 4.78 is 61.1. The normalized spacial score (nSPS) is 17.9. The van der Waals surface area contributed by atoms with Crippen molar-refractivity contribution in [1.82, 2.24) is 0 Å². The fourth-order valence-electron chi connectivity index (χ4n) is 2.01. The Morgan fingerprint density at radius 1 is 1.20 bits per heavy atom. The van der Waals surface area contributed by atoms with E-state index in [-0.39, 0.29) is 0 Å². The Kier molecular flexibility index (Phi) is 4.40. The highest BCUT2D eigenvalue weighted by atomic mass is 32.2. The van der Waals surface area contributed by atoms with Gasteiger partial charge in [0.1, 0.15) is 0 Å². The molecule has 1 aliphatic carbocycles. The van der Waals surface area contributed by atoms with Crippen LogP contribution in [-0.4, -0.2) is 30.8 Å². The van der Waals surface area contributed by atoms with Gasteiger partial charge in [0.15, 0.2) is 16.7 Å². The summed E-state index contributed by atoms with van der Waals surface area (Å²) in [6.45, 7) is 5.15. The maximum atomic E-state index is 12.9. The minimum absolute atomic E-state index is 0.665. The highest BCUT2D eigenvalue weighted by Crippen LogP contribution is 2.37. The first-order valence-corrected chi connectivity index (χ1v) is 7.16. The monoisotopic (exact) mass is 309 g/mol. The molecule has 0 heterocycles. The molecule has 0 N–H and O–H groups in total. The van der Waals surface area contributed by atoms with E-state index in [1.165, 1.54) is 0 Å². The third-order valence-electron chi connectivity index (χ3n) is 3.60. The summed E-state index contributed by atoms with van der Waals surface area (Å²) in [5.74, 6) is -1.79. The molecule has 0 unspecified atom stereocenters. The lowest BCUT2D eigenvalue weighted by atomic mass is 9.97. The molecule has 5 nitrogen and oxygen atoms in total. The van der Waals surface area contributed by atoms with Gasteiger partial charge in [-0.1, -0.05) is 11.1 Å². The molecule has 0 saturated carbocycles. The maximum Gasteiger partial charge on any atom is 0.367 e. The highest BCUT2D eigenvalue weighted by Gasteiger charge is 2.41. The van der Waals surface area contributed by atoms with E-state index in [0.717, 1.165) is 11.1 Å². The molecule has 0 radical (unpaired) electrons. The molecule has 114 valence electrons. The third kappa shape index (κ3) is 2.90. The van der Waals surface area contributed by atoms with E-state index in [0.29, 0.717) is 11.1 Å². The van der Waals surface area contributed by atoms with Gasteiger partial charge in [0.2, 0.25) is 0 Å². The Balaban J connectivity index is 2.86. The highest BCUT2D eigenvalue weighted by molar-refractivity contribution is 7.86. The van der Waals surface area contributed by atoms with Crippen molar-refractivity contribution in [2.75, 3.05) is 6.61 Å². The van der Waals surface area contributed by atoms with Crippen LogP contribution in [0, 0.1) is 5.92 Å². The molecule has 1 aliphatic rings. The number of carbonyl (C=O) groups excluding carboxylic acids is 1. The molecule has 0 saturated heterocycles. The zero-order chi connectivity index (χ0) is 15.9. The van der Waals surface area contributed by atoms with Crippen LogP contribution in [0.1, 0.15) is 27.7 Å². The van der Waals surface area contributed by atoms with Gasteiger partial charge in [0.25, 0.3) is 0 Å². The minimum atomic E-state index is -5.85. The molecule has 0 spiro atoms. The van der Waals surface area contributed by atoms with Gasteiger partial charge < -0.3 is 9.29 Å². The van der Waals surface area contributed by atoms with Crippen molar-refractivity contribution in [3.8, 4) is 0 Å². The fraction of sp³-hybridized carbons (Fsp3) is 0.583. The summed E-state index contributed by atoms with van der Waals surface area (Å²) in [7, 11) is -5.85. The van der Waals surface area contributed by atoms with Crippen LogP contribution >= 0.6 is 0 Å². The first kappa shape index (κ1) is 16.8. The van der Waals surface area contributed by atoms with Gasteiger partial charge in [-0.2, -0.15) is 8.78 Å². The fourth-order valence-corrected chi connectivity index (χ4v) is 2.22. The Morgan fingerprint density at radius 3 is 1.95 bits per heavy atom. The second-order valence-electron chi connectivity index (χ2n) is 4.75. The van der Waals surface area contributed by atoms with Crippen molar-refractivity contribution in [3.63, 3.8) is 0 Å². The van der Waals surface area contributed by atoms with Crippen molar-refractivity contribution >= 4 is 16.1 Å². The minimum Gasteiger partial charge on any atom is -0.743 e. The van der Waals surface area contributed by atoms with Crippen molar-refractivity contribution in [3.05, 3.63) is 22.3 Å². The molecule has 0 aromatic rings. The van der Waals surface area contributed by atoms with Gasteiger partial charge in [0.05, 0.1) is 5.92 Å². The van der Waals surface area contributed by atoms with Crippen LogP contribution in [0.5, 0.6) is 0 Å². The lowest BCUT2D eigenvalue weighted by molar-refractivity contribution is -0.151. The number of halogens is 2. The molecule has 0 atom stereocenters. The van der Waals surface area contributed by atoms with Crippen LogP contribution < -0.4 is 0 Å². The predicted molar refractivity (Wildman–Crippen MR) is 65.8 cm³/mol. The number of ether oxygens (including phenoxy) is 1. The van der Waals surface area contributed by atoms with Gasteiger partial charge in [0, 0.05) is 0 Å². The molecular formula is C12H15F2O5S-. The summed E-state index contributed by atoms with van der Waals surface area (Å²) >= 11 is 0. The second kappa shape index (κ2) is 5.25. The number of hydrogen-bond acceptors (Lipinski definition) is 5. The van der Waals surface area contributed by atoms with Crippen LogP contribution in [-0.2, 0) is 19.6 Å². The van der Waals surface area contributed by atoms with Crippen molar-refractivity contribution in [2.45, 2.75) is 32.9 Å². The van der Waals surface area contributed by atoms with E-state index in [1.807, 2.05) is 0 Å². The molecule has 0 bridgehead atoms. The lowest BCUT2D eigenvalue weighted by Gasteiger charge is -2.21. The average Bonchev–Trinajstić information content (AvgIpc) is 2.50. The van der Waals surface area contributed by atoms with Gasteiger partial charge in [-0.15, -0.1) is 0 Å². The summed E-state index contributed by atoms with van der Waals surface area (Å²) in [5.41, 5.74) is 3.07. The summed E-state index contributed by atoms with van der Waals surface area (Å²) in [6, 6.07) is 0. The van der Waals surface area contributed by atoms with E-state index in [4.69, 9.17) is 0 Å². The van der Waals surface area contributed by atoms with Crippen molar-refractivity contribution in [1.29, 1.82) is 0 Å². The first-order chi connectivity index (χ1) is 8.90.